The first kappa shape index (κ1) is 24.3. The zero-order chi connectivity index (χ0) is 24.1. The Labute approximate surface area is 201 Å². The molecule has 1 amide bonds. The topological polar surface area (TPSA) is 80.6 Å². The van der Waals surface area contributed by atoms with E-state index in [-0.39, 0.29) is 11.9 Å². The van der Waals surface area contributed by atoms with E-state index in [1.54, 1.807) is 16.4 Å². The largest absolute Gasteiger partial charge is 0.494 e. The van der Waals surface area contributed by atoms with Gasteiger partial charge in [-0.1, -0.05) is 25.5 Å². The number of sulfonamides is 1. The predicted molar refractivity (Wildman–Crippen MR) is 133 cm³/mol. The SMILES string of the molecule is CCOc1ccc(CNC(=O)[C@@H](CC)n2ccc3cc(S(=O)(=O)N4CCCCC4)ccc32)cc1. The Bertz CT molecular complexity index is 1230. The molecular formula is C26H33N3O4S. The monoisotopic (exact) mass is 483 g/mol. The Morgan fingerprint density at radius 3 is 2.44 bits per heavy atom. The maximum atomic E-state index is 13.1. The molecule has 1 N–H and O–H groups in total. The number of carbonyl (C=O) groups excluding carboxylic acids is 1. The molecule has 0 radical (unpaired) electrons. The van der Waals surface area contributed by atoms with Crippen molar-refractivity contribution in [3.63, 3.8) is 0 Å². The Hall–Kier alpha value is -2.84. The van der Waals surface area contributed by atoms with Crippen molar-refractivity contribution in [2.75, 3.05) is 19.7 Å². The van der Waals surface area contributed by atoms with Gasteiger partial charge in [0.2, 0.25) is 15.9 Å². The number of aromatic nitrogens is 1. The van der Waals surface area contributed by atoms with E-state index in [9.17, 15) is 13.2 Å². The summed E-state index contributed by atoms with van der Waals surface area (Å²) in [7, 11) is -3.50. The molecule has 0 spiro atoms. The summed E-state index contributed by atoms with van der Waals surface area (Å²) in [6, 6.07) is 14.4. The lowest BCUT2D eigenvalue weighted by Crippen LogP contribution is -2.35. The van der Waals surface area contributed by atoms with Gasteiger partial charge in [-0.2, -0.15) is 4.31 Å². The summed E-state index contributed by atoms with van der Waals surface area (Å²) in [5.74, 6) is 0.739. The van der Waals surface area contributed by atoms with Crippen LogP contribution in [0, 0.1) is 0 Å². The van der Waals surface area contributed by atoms with Gasteiger partial charge in [-0.05, 0) is 68.1 Å². The molecule has 3 aromatic rings. The van der Waals surface area contributed by atoms with Crippen molar-refractivity contribution in [1.82, 2.24) is 14.2 Å². The fraction of sp³-hybridized carbons (Fsp3) is 0.423. The zero-order valence-electron chi connectivity index (χ0n) is 19.9. The summed E-state index contributed by atoms with van der Waals surface area (Å²) in [6.07, 6.45) is 5.37. The molecule has 1 aliphatic rings. The molecule has 1 aliphatic heterocycles. The van der Waals surface area contributed by atoms with E-state index in [1.807, 2.05) is 61.0 Å². The molecule has 1 atom stereocenters. The number of nitrogens with zero attached hydrogens (tertiary/aromatic N) is 2. The van der Waals surface area contributed by atoms with Crippen molar-refractivity contribution in [3.05, 3.63) is 60.3 Å². The van der Waals surface area contributed by atoms with Crippen LogP contribution >= 0.6 is 0 Å². The van der Waals surface area contributed by atoms with Gasteiger partial charge < -0.3 is 14.6 Å². The highest BCUT2D eigenvalue weighted by Gasteiger charge is 2.27. The van der Waals surface area contributed by atoms with Crippen LogP contribution in [0.2, 0.25) is 0 Å². The van der Waals surface area contributed by atoms with Gasteiger partial charge in [-0.3, -0.25) is 4.79 Å². The number of amides is 1. The number of rotatable bonds is 9. The predicted octanol–water partition coefficient (Wildman–Crippen LogP) is 4.48. The number of nitrogens with one attached hydrogen (secondary N) is 1. The molecule has 4 rings (SSSR count). The van der Waals surface area contributed by atoms with Crippen LogP contribution in [0.1, 0.15) is 51.1 Å². The summed E-state index contributed by atoms with van der Waals surface area (Å²) in [6.45, 7) is 6.12. The van der Waals surface area contributed by atoms with Crippen LogP contribution in [0.4, 0.5) is 0 Å². The Kier molecular flexibility index (Phi) is 7.58. The molecule has 182 valence electrons. The first-order chi connectivity index (χ1) is 16.4. The minimum Gasteiger partial charge on any atom is -0.494 e. The first-order valence-corrected chi connectivity index (χ1v) is 13.5. The second kappa shape index (κ2) is 10.6. The molecule has 2 heterocycles. The quantitative estimate of drug-likeness (QED) is 0.487. The van der Waals surface area contributed by atoms with Gasteiger partial charge in [0.15, 0.2) is 0 Å². The number of hydrogen-bond acceptors (Lipinski definition) is 4. The molecule has 2 aromatic carbocycles. The van der Waals surface area contributed by atoms with Gasteiger partial charge in [-0.25, -0.2) is 8.42 Å². The lowest BCUT2D eigenvalue weighted by Gasteiger charge is -2.26. The number of fused-ring (bicyclic) bond motifs is 1. The maximum Gasteiger partial charge on any atom is 0.243 e. The lowest BCUT2D eigenvalue weighted by molar-refractivity contribution is -0.124. The molecule has 0 bridgehead atoms. The van der Waals surface area contributed by atoms with Crippen molar-refractivity contribution in [1.29, 1.82) is 0 Å². The van der Waals surface area contributed by atoms with E-state index < -0.39 is 10.0 Å². The highest BCUT2D eigenvalue weighted by molar-refractivity contribution is 7.89. The highest BCUT2D eigenvalue weighted by atomic mass is 32.2. The molecule has 1 fully saturated rings. The van der Waals surface area contributed by atoms with Crippen LogP contribution in [-0.2, 0) is 21.4 Å². The van der Waals surface area contributed by atoms with Gasteiger partial charge in [0.1, 0.15) is 11.8 Å². The van der Waals surface area contributed by atoms with E-state index in [4.69, 9.17) is 4.74 Å². The van der Waals surface area contributed by atoms with Gasteiger partial charge in [0, 0.05) is 36.7 Å². The van der Waals surface area contributed by atoms with E-state index >= 15 is 0 Å². The third-order valence-corrected chi connectivity index (χ3v) is 8.27. The summed E-state index contributed by atoms with van der Waals surface area (Å²) in [5.41, 5.74) is 1.84. The van der Waals surface area contributed by atoms with Crippen molar-refractivity contribution >= 4 is 26.8 Å². The molecule has 0 saturated carbocycles. The smallest absolute Gasteiger partial charge is 0.243 e. The van der Waals surface area contributed by atoms with Crippen LogP contribution in [0.3, 0.4) is 0 Å². The average molecular weight is 484 g/mol. The van der Waals surface area contributed by atoms with E-state index in [2.05, 4.69) is 5.32 Å². The maximum absolute atomic E-state index is 13.1. The van der Waals surface area contributed by atoms with E-state index in [0.717, 1.165) is 41.5 Å². The summed E-state index contributed by atoms with van der Waals surface area (Å²) in [4.78, 5) is 13.3. The third kappa shape index (κ3) is 5.13. The summed E-state index contributed by atoms with van der Waals surface area (Å²) in [5, 5.41) is 3.85. The van der Waals surface area contributed by atoms with Crippen molar-refractivity contribution in [2.24, 2.45) is 0 Å². The molecule has 8 heteroatoms. The fourth-order valence-corrected chi connectivity index (χ4v) is 6.07. The van der Waals surface area contributed by atoms with E-state index in [1.165, 1.54) is 0 Å². The zero-order valence-corrected chi connectivity index (χ0v) is 20.7. The highest BCUT2D eigenvalue weighted by Crippen LogP contribution is 2.27. The average Bonchev–Trinajstić information content (AvgIpc) is 3.28. The van der Waals surface area contributed by atoms with Gasteiger partial charge in [-0.15, -0.1) is 0 Å². The molecule has 0 aliphatic carbocycles. The molecule has 7 nitrogen and oxygen atoms in total. The number of hydrogen-bond donors (Lipinski definition) is 1. The van der Waals surface area contributed by atoms with Crippen LogP contribution in [-0.4, -0.2) is 42.9 Å². The Morgan fingerprint density at radius 2 is 1.76 bits per heavy atom. The van der Waals surface area contributed by atoms with Crippen molar-refractivity contribution < 1.29 is 17.9 Å². The minimum absolute atomic E-state index is 0.0705. The fourth-order valence-electron chi connectivity index (χ4n) is 4.51. The lowest BCUT2D eigenvalue weighted by atomic mass is 10.1. The van der Waals surface area contributed by atoms with E-state index in [0.29, 0.717) is 37.6 Å². The minimum atomic E-state index is -3.50. The van der Waals surface area contributed by atoms with Crippen molar-refractivity contribution in [2.45, 2.75) is 57.0 Å². The number of ether oxygens (including phenoxy) is 1. The van der Waals surface area contributed by atoms with Crippen LogP contribution < -0.4 is 10.1 Å². The Morgan fingerprint density at radius 1 is 1.03 bits per heavy atom. The first-order valence-electron chi connectivity index (χ1n) is 12.0. The molecule has 0 unspecified atom stereocenters. The number of carbonyl (C=O) groups is 1. The molecule has 1 aromatic heterocycles. The molecular weight excluding hydrogens is 450 g/mol. The normalized spacial score (nSPS) is 15.8. The second-order valence-corrected chi connectivity index (χ2v) is 10.6. The van der Waals surface area contributed by atoms with Crippen LogP contribution in [0.5, 0.6) is 5.75 Å². The number of piperidine rings is 1. The van der Waals surface area contributed by atoms with Crippen LogP contribution in [0.15, 0.2) is 59.6 Å². The third-order valence-electron chi connectivity index (χ3n) is 6.37. The second-order valence-electron chi connectivity index (χ2n) is 8.63. The molecule has 1 saturated heterocycles. The van der Waals surface area contributed by atoms with Gasteiger partial charge >= 0.3 is 0 Å². The number of benzene rings is 2. The van der Waals surface area contributed by atoms with Gasteiger partial charge in [0.05, 0.1) is 11.5 Å². The van der Waals surface area contributed by atoms with Crippen LogP contribution in [0.25, 0.3) is 10.9 Å². The standard InChI is InChI=1S/C26H33N3O4S/c1-3-24(26(30)27-19-20-8-10-22(11-9-20)33-4-2)29-17-14-21-18-23(12-13-25(21)29)34(31,32)28-15-6-5-7-16-28/h8-14,17-18,24H,3-7,15-16,19H2,1-2H3,(H,27,30)/t24-/m1/s1. The van der Waals surface area contributed by atoms with Gasteiger partial charge in [0.25, 0.3) is 0 Å². The summed E-state index contributed by atoms with van der Waals surface area (Å²) >= 11 is 0. The van der Waals surface area contributed by atoms with Crippen molar-refractivity contribution in [3.8, 4) is 5.75 Å². The summed E-state index contributed by atoms with van der Waals surface area (Å²) < 4.78 is 35.1. The Balaban J connectivity index is 1.49. The molecule has 34 heavy (non-hydrogen) atoms.